The lowest BCUT2D eigenvalue weighted by Crippen LogP contribution is -2.17. The quantitative estimate of drug-likeness (QED) is 0.638. The number of hydrogen-bond acceptors (Lipinski definition) is 3. The average Bonchev–Trinajstić information content (AvgIpc) is 2.71. The van der Waals surface area contributed by atoms with Gasteiger partial charge in [0.25, 0.3) is 0 Å². The minimum atomic E-state index is 0.0988. The van der Waals surface area contributed by atoms with E-state index in [9.17, 15) is 4.79 Å². The van der Waals surface area contributed by atoms with Crippen molar-refractivity contribution in [2.45, 2.75) is 19.0 Å². The highest BCUT2D eigenvalue weighted by molar-refractivity contribution is 5.78. The maximum atomic E-state index is 11.0. The molecule has 1 saturated heterocycles. The smallest absolute Gasteiger partial charge is 0.222 e. The van der Waals surface area contributed by atoms with Crippen molar-refractivity contribution in [1.29, 1.82) is 0 Å². The second-order valence-electron chi connectivity index (χ2n) is 3.16. The van der Waals surface area contributed by atoms with Gasteiger partial charge in [0.1, 0.15) is 0 Å². The molecule has 5 heteroatoms. The Bertz CT molecular complexity index is 320. The zero-order chi connectivity index (χ0) is 9.26. The van der Waals surface area contributed by atoms with Gasteiger partial charge in [0.2, 0.25) is 5.91 Å². The molecule has 0 radical (unpaired) electrons. The summed E-state index contributed by atoms with van der Waals surface area (Å²) in [5, 5.41) is 2.78. The van der Waals surface area contributed by atoms with Crippen molar-refractivity contribution in [3.63, 3.8) is 0 Å². The first-order valence-corrected chi connectivity index (χ1v) is 4.28. The number of nitrogens with zero attached hydrogens (tertiary/aromatic N) is 2. The number of amides is 1. The van der Waals surface area contributed by atoms with Crippen LogP contribution in [0, 0.1) is 0 Å². The number of nitrogens with two attached hydrogens (primary N) is 1. The van der Waals surface area contributed by atoms with Crippen molar-refractivity contribution in [3.8, 4) is 0 Å². The van der Waals surface area contributed by atoms with Gasteiger partial charge in [0.05, 0.1) is 18.1 Å². The largest absolute Gasteiger partial charge is 0.354 e. The van der Waals surface area contributed by atoms with Crippen LogP contribution >= 0.6 is 0 Å². The van der Waals surface area contributed by atoms with Gasteiger partial charge in [-0.25, -0.2) is 4.98 Å². The maximum absolute atomic E-state index is 11.0. The van der Waals surface area contributed by atoms with Crippen LogP contribution in [0.3, 0.4) is 0 Å². The van der Waals surface area contributed by atoms with Gasteiger partial charge in [-0.3, -0.25) is 4.79 Å². The zero-order valence-corrected chi connectivity index (χ0v) is 7.23. The fraction of sp³-hybridized carbons (Fsp3) is 0.500. The molecule has 1 unspecified atom stereocenters. The van der Waals surface area contributed by atoms with Gasteiger partial charge >= 0.3 is 0 Å². The van der Waals surface area contributed by atoms with Crippen molar-refractivity contribution >= 4 is 5.91 Å². The normalized spacial score (nSPS) is 21.9. The highest BCUT2D eigenvalue weighted by atomic mass is 16.1. The van der Waals surface area contributed by atoms with Crippen LogP contribution in [0.25, 0.3) is 0 Å². The molecule has 70 valence electrons. The molecule has 0 aromatic carbocycles. The summed E-state index contributed by atoms with van der Waals surface area (Å²) in [6, 6.07) is 0.188. The second kappa shape index (κ2) is 3.18. The Balaban J connectivity index is 2.20. The lowest BCUT2D eigenvalue weighted by molar-refractivity contribution is -0.119. The first-order valence-electron chi connectivity index (χ1n) is 4.28. The molecular formula is C8H12N4O. The van der Waals surface area contributed by atoms with Crippen LogP contribution < -0.4 is 11.1 Å². The van der Waals surface area contributed by atoms with E-state index >= 15 is 0 Å². The topological polar surface area (TPSA) is 72.9 Å². The van der Waals surface area contributed by atoms with E-state index < -0.39 is 0 Å². The van der Waals surface area contributed by atoms with Crippen LogP contribution in [-0.2, 0) is 11.3 Å². The third kappa shape index (κ3) is 1.42. The van der Waals surface area contributed by atoms with Gasteiger partial charge < -0.3 is 15.6 Å². The molecule has 0 spiro atoms. The molecule has 1 fully saturated rings. The minimum Gasteiger partial charge on any atom is -0.354 e. The lowest BCUT2D eigenvalue weighted by atomic mass is 10.2. The van der Waals surface area contributed by atoms with Gasteiger partial charge in [0.15, 0.2) is 0 Å². The number of imidazole rings is 1. The van der Waals surface area contributed by atoms with Crippen LogP contribution in [-0.4, -0.2) is 22.0 Å². The molecule has 1 aromatic rings. The minimum absolute atomic E-state index is 0.0988. The number of hydrogen-bond donors (Lipinski definition) is 2. The van der Waals surface area contributed by atoms with E-state index in [0.29, 0.717) is 19.5 Å². The van der Waals surface area contributed by atoms with Crippen LogP contribution in [0.5, 0.6) is 0 Å². The molecule has 1 amide bonds. The van der Waals surface area contributed by atoms with Crippen LogP contribution in [0.15, 0.2) is 12.5 Å². The van der Waals surface area contributed by atoms with Gasteiger partial charge in [-0.2, -0.15) is 0 Å². The number of rotatable bonds is 2. The summed E-state index contributed by atoms with van der Waals surface area (Å²) in [6.07, 6.45) is 4.00. The number of carbonyl (C=O) groups excluding carboxylic acids is 1. The molecule has 2 heterocycles. The van der Waals surface area contributed by atoms with Crippen molar-refractivity contribution in [2.24, 2.45) is 5.73 Å². The molecule has 1 aliphatic heterocycles. The predicted molar refractivity (Wildman–Crippen MR) is 46.8 cm³/mol. The molecule has 1 atom stereocenters. The average molecular weight is 180 g/mol. The van der Waals surface area contributed by atoms with Crippen LogP contribution in [0.4, 0.5) is 0 Å². The van der Waals surface area contributed by atoms with Gasteiger partial charge in [0, 0.05) is 25.7 Å². The summed E-state index contributed by atoms with van der Waals surface area (Å²) in [7, 11) is 0. The predicted octanol–water partition coefficient (Wildman–Crippen LogP) is -0.597. The number of aromatic nitrogens is 2. The standard InChI is InChI=1S/C8H12N4O/c9-2-7-3-10-5-12(7)6-1-8(13)11-4-6/h3,5-6H,1-2,4,9H2,(H,11,13). The Hall–Kier alpha value is -1.36. The fourth-order valence-electron chi connectivity index (χ4n) is 1.61. The molecule has 2 rings (SSSR count). The van der Waals surface area contributed by atoms with E-state index in [4.69, 9.17) is 5.73 Å². The van der Waals surface area contributed by atoms with Crippen LogP contribution in [0.2, 0.25) is 0 Å². The van der Waals surface area contributed by atoms with E-state index in [1.165, 1.54) is 0 Å². The van der Waals surface area contributed by atoms with E-state index in [-0.39, 0.29) is 11.9 Å². The molecule has 0 saturated carbocycles. The molecule has 0 bridgehead atoms. The van der Waals surface area contributed by atoms with Crippen molar-refractivity contribution in [1.82, 2.24) is 14.9 Å². The van der Waals surface area contributed by atoms with Crippen molar-refractivity contribution < 1.29 is 4.79 Å². The molecule has 3 N–H and O–H groups in total. The Kier molecular flexibility index (Phi) is 2.02. The van der Waals surface area contributed by atoms with E-state index in [1.807, 2.05) is 4.57 Å². The molecule has 5 nitrogen and oxygen atoms in total. The number of nitrogens with one attached hydrogen (secondary N) is 1. The van der Waals surface area contributed by atoms with Gasteiger partial charge in [-0.05, 0) is 0 Å². The summed E-state index contributed by atoms with van der Waals surface area (Å²) in [4.78, 5) is 15.0. The van der Waals surface area contributed by atoms with Crippen molar-refractivity contribution in [3.05, 3.63) is 18.2 Å². The summed E-state index contributed by atoms with van der Waals surface area (Å²) in [5.74, 6) is 0.0988. The molecule has 0 aliphatic carbocycles. The molecule has 13 heavy (non-hydrogen) atoms. The third-order valence-electron chi connectivity index (χ3n) is 2.30. The van der Waals surface area contributed by atoms with E-state index in [0.717, 1.165) is 5.69 Å². The van der Waals surface area contributed by atoms with Crippen molar-refractivity contribution in [2.75, 3.05) is 6.54 Å². The maximum Gasteiger partial charge on any atom is 0.222 e. The Labute approximate surface area is 75.9 Å². The Morgan fingerprint density at radius 1 is 1.77 bits per heavy atom. The molecule has 1 aliphatic rings. The highest BCUT2D eigenvalue weighted by Gasteiger charge is 2.23. The fourth-order valence-corrected chi connectivity index (χ4v) is 1.61. The Morgan fingerprint density at radius 3 is 3.23 bits per heavy atom. The molecule has 1 aromatic heterocycles. The lowest BCUT2D eigenvalue weighted by Gasteiger charge is -2.11. The SMILES string of the molecule is NCc1cncn1C1CNC(=O)C1. The summed E-state index contributed by atoms with van der Waals surface area (Å²) in [6.45, 7) is 1.15. The van der Waals surface area contributed by atoms with Crippen LogP contribution in [0.1, 0.15) is 18.2 Å². The van der Waals surface area contributed by atoms with E-state index in [1.54, 1.807) is 12.5 Å². The Morgan fingerprint density at radius 2 is 2.62 bits per heavy atom. The van der Waals surface area contributed by atoms with Gasteiger partial charge in [-0.1, -0.05) is 0 Å². The van der Waals surface area contributed by atoms with Gasteiger partial charge in [-0.15, -0.1) is 0 Å². The first-order chi connectivity index (χ1) is 6.31. The first kappa shape index (κ1) is 8.25. The zero-order valence-electron chi connectivity index (χ0n) is 7.23. The second-order valence-corrected chi connectivity index (χ2v) is 3.16. The highest BCUT2D eigenvalue weighted by Crippen LogP contribution is 2.17. The summed E-state index contributed by atoms with van der Waals surface area (Å²) in [5.41, 5.74) is 6.50. The van der Waals surface area contributed by atoms with E-state index in [2.05, 4.69) is 10.3 Å². The number of carbonyl (C=O) groups is 1. The molecular weight excluding hydrogens is 168 g/mol. The monoisotopic (exact) mass is 180 g/mol. The summed E-state index contributed by atoms with van der Waals surface area (Å²) >= 11 is 0. The summed E-state index contributed by atoms with van der Waals surface area (Å²) < 4.78 is 1.97. The third-order valence-corrected chi connectivity index (χ3v) is 2.30.